The number of carbonyl (C=O) groups excluding carboxylic acids is 3. The molecule has 34 heavy (non-hydrogen) atoms. The van der Waals surface area contributed by atoms with Gasteiger partial charge < -0.3 is 15.4 Å². The number of rotatable bonds is 10. The third kappa shape index (κ3) is 8.58. The van der Waals surface area contributed by atoms with Crippen LogP contribution in [-0.4, -0.2) is 37.1 Å². The Morgan fingerprint density at radius 2 is 1.50 bits per heavy atom. The lowest BCUT2D eigenvalue weighted by Crippen LogP contribution is -2.38. The zero-order valence-electron chi connectivity index (χ0n) is 18.6. The van der Waals surface area contributed by atoms with E-state index in [1.807, 2.05) is 60.7 Å². The van der Waals surface area contributed by atoms with E-state index < -0.39 is 11.8 Å². The third-order valence-electron chi connectivity index (χ3n) is 4.69. The maximum Gasteiger partial charge on any atom is 0.329 e. The highest BCUT2D eigenvalue weighted by Crippen LogP contribution is 2.12. The number of nitrogens with one attached hydrogen (secondary N) is 3. The Morgan fingerprint density at radius 1 is 0.794 bits per heavy atom. The summed E-state index contributed by atoms with van der Waals surface area (Å²) in [6, 6.07) is 26.1. The smallest absolute Gasteiger partial charge is 0.329 e. The fourth-order valence-corrected chi connectivity index (χ4v) is 2.94. The highest BCUT2D eigenvalue weighted by atomic mass is 16.5. The van der Waals surface area contributed by atoms with Crippen molar-refractivity contribution in [2.24, 2.45) is 5.10 Å². The SMILES string of the molecule is O=C(COc1cccc(/C=N\NC(=O)C(=O)NCCc2ccccc2)c1)NCc1ccccc1. The van der Waals surface area contributed by atoms with E-state index in [1.54, 1.807) is 24.3 Å². The fraction of sp³-hybridized carbons (Fsp3) is 0.154. The molecular weight excluding hydrogens is 432 g/mol. The molecule has 0 heterocycles. The maximum atomic E-state index is 12.0. The standard InChI is InChI=1S/C26H26N4O4/c31-24(28-17-21-10-5-2-6-11-21)19-34-23-13-7-12-22(16-23)18-29-30-26(33)25(32)27-15-14-20-8-3-1-4-9-20/h1-13,16,18H,14-15,17,19H2,(H,27,32)(H,28,31)(H,30,33)/b29-18-. The lowest BCUT2D eigenvalue weighted by atomic mass is 10.1. The van der Waals surface area contributed by atoms with Crippen LogP contribution in [0.4, 0.5) is 0 Å². The summed E-state index contributed by atoms with van der Waals surface area (Å²) in [6.45, 7) is 0.640. The van der Waals surface area contributed by atoms with Crippen LogP contribution in [0.5, 0.6) is 5.75 Å². The Hall–Kier alpha value is -4.46. The summed E-state index contributed by atoms with van der Waals surface area (Å²) >= 11 is 0. The van der Waals surface area contributed by atoms with Gasteiger partial charge in [-0.1, -0.05) is 72.8 Å². The molecule has 0 aliphatic rings. The van der Waals surface area contributed by atoms with E-state index in [1.165, 1.54) is 6.21 Å². The molecule has 174 valence electrons. The zero-order valence-corrected chi connectivity index (χ0v) is 18.6. The van der Waals surface area contributed by atoms with Gasteiger partial charge in [-0.2, -0.15) is 5.10 Å². The molecule has 8 nitrogen and oxygen atoms in total. The number of hydrogen-bond acceptors (Lipinski definition) is 5. The Balaban J connectivity index is 1.38. The van der Waals surface area contributed by atoms with Crippen molar-refractivity contribution in [2.75, 3.05) is 13.2 Å². The van der Waals surface area contributed by atoms with E-state index in [-0.39, 0.29) is 12.5 Å². The Kier molecular flexibility index (Phi) is 9.37. The average Bonchev–Trinajstić information content (AvgIpc) is 2.87. The molecule has 0 saturated heterocycles. The van der Waals surface area contributed by atoms with Gasteiger partial charge in [-0.3, -0.25) is 14.4 Å². The number of ether oxygens (including phenoxy) is 1. The number of carbonyl (C=O) groups is 3. The van der Waals surface area contributed by atoms with Gasteiger partial charge in [0, 0.05) is 13.1 Å². The number of hydrogen-bond donors (Lipinski definition) is 3. The molecule has 0 aromatic heterocycles. The molecule has 0 atom stereocenters. The molecule has 0 unspecified atom stereocenters. The van der Waals surface area contributed by atoms with Crippen molar-refractivity contribution in [2.45, 2.75) is 13.0 Å². The largest absolute Gasteiger partial charge is 0.484 e. The first-order valence-corrected chi connectivity index (χ1v) is 10.8. The Bertz CT molecular complexity index is 1120. The van der Waals surface area contributed by atoms with Crippen molar-refractivity contribution < 1.29 is 19.1 Å². The number of nitrogens with zero attached hydrogens (tertiary/aromatic N) is 1. The summed E-state index contributed by atoms with van der Waals surface area (Å²) < 4.78 is 5.52. The van der Waals surface area contributed by atoms with E-state index in [2.05, 4.69) is 21.2 Å². The van der Waals surface area contributed by atoms with Crippen LogP contribution in [0.15, 0.2) is 90.0 Å². The van der Waals surface area contributed by atoms with Crippen LogP contribution in [0.3, 0.4) is 0 Å². The molecule has 0 fully saturated rings. The topological polar surface area (TPSA) is 109 Å². The molecule has 0 radical (unpaired) electrons. The minimum Gasteiger partial charge on any atom is -0.484 e. The predicted octanol–water partition coefficient (Wildman–Crippen LogP) is 2.19. The van der Waals surface area contributed by atoms with Crippen LogP contribution in [0.2, 0.25) is 0 Å². The summed E-state index contributed by atoms with van der Waals surface area (Å²) in [4.78, 5) is 35.7. The van der Waals surface area contributed by atoms with Crippen molar-refractivity contribution in [1.82, 2.24) is 16.1 Å². The first-order chi connectivity index (χ1) is 16.6. The molecule has 0 saturated carbocycles. The highest BCUT2D eigenvalue weighted by Gasteiger charge is 2.11. The minimum absolute atomic E-state index is 0.132. The number of benzene rings is 3. The number of hydrazone groups is 1. The van der Waals surface area contributed by atoms with Gasteiger partial charge in [-0.05, 0) is 35.2 Å². The zero-order chi connectivity index (χ0) is 24.0. The average molecular weight is 459 g/mol. The molecule has 0 spiro atoms. The summed E-state index contributed by atoms with van der Waals surface area (Å²) in [7, 11) is 0. The van der Waals surface area contributed by atoms with Crippen molar-refractivity contribution in [3.63, 3.8) is 0 Å². The normalized spacial score (nSPS) is 10.5. The second kappa shape index (κ2) is 13.2. The Morgan fingerprint density at radius 3 is 2.24 bits per heavy atom. The molecule has 8 heteroatoms. The summed E-state index contributed by atoms with van der Waals surface area (Å²) in [6.07, 6.45) is 2.01. The van der Waals surface area contributed by atoms with E-state index in [0.717, 1.165) is 11.1 Å². The minimum atomic E-state index is -0.855. The van der Waals surface area contributed by atoms with E-state index in [9.17, 15) is 14.4 Å². The summed E-state index contributed by atoms with van der Waals surface area (Å²) in [5.41, 5.74) is 4.89. The monoisotopic (exact) mass is 458 g/mol. The molecule has 3 N–H and O–H groups in total. The molecule has 3 aromatic carbocycles. The van der Waals surface area contributed by atoms with Crippen LogP contribution in [0.1, 0.15) is 16.7 Å². The quantitative estimate of drug-likeness (QED) is 0.246. The Labute approximate surface area is 198 Å². The summed E-state index contributed by atoms with van der Waals surface area (Å²) in [5, 5.41) is 9.15. The molecule has 0 bridgehead atoms. The van der Waals surface area contributed by atoms with Crippen LogP contribution < -0.4 is 20.8 Å². The van der Waals surface area contributed by atoms with E-state index >= 15 is 0 Å². The van der Waals surface area contributed by atoms with Gasteiger partial charge in [0.1, 0.15) is 5.75 Å². The van der Waals surface area contributed by atoms with Gasteiger partial charge in [0.2, 0.25) is 0 Å². The lowest BCUT2D eigenvalue weighted by Gasteiger charge is -2.08. The van der Waals surface area contributed by atoms with Gasteiger partial charge in [-0.25, -0.2) is 5.43 Å². The van der Waals surface area contributed by atoms with Gasteiger partial charge in [0.25, 0.3) is 5.91 Å². The second-order valence-electron chi connectivity index (χ2n) is 7.31. The molecular formula is C26H26N4O4. The van der Waals surface area contributed by atoms with Crippen LogP contribution >= 0.6 is 0 Å². The number of amides is 3. The van der Waals surface area contributed by atoms with Crippen LogP contribution in [0, 0.1) is 0 Å². The third-order valence-corrected chi connectivity index (χ3v) is 4.69. The first-order valence-electron chi connectivity index (χ1n) is 10.8. The van der Waals surface area contributed by atoms with E-state index in [0.29, 0.717) is 30.8 Å². The van der Waals surface area contributed by atoms with Crippen LogP contribution in [0.25, 0.3) is 0 Å². The molecule has 3 aromatic rings. The second-order valence-corrected chi connectivity index (χ2v) is 7.31. The molecule has 0 aliphatic heterocycles. The maximum absolute atomic E-state index is 12.0. The predicted molar refractivity (Wildman–Crippen MR) is 129 cm³/mol. The molecule has 0 aliphatic carbocycles. The van der Waals surface area contributed by atoms with Gasteiger partial charge >= 0.3 is 11.8 Å². The van der Waals surface area contributed by atoms with Crippen molar-refractivity contribution >= 4 is 23.9 Å². The lowest BCUT2D eigenvalue weighted by molar-refractivity contribution is -0.139. The fourth-order valence-electron chi connectivity index (χ4n) is 2.94. The van der Waals surface area contributed by atoms with E-state index in [4.69, 9.17) is 4.74 Å². The van der Waals surface area contributed by atoms with Crippen molar-refractivity contribution in [3.8, 4) is 5.75 Å². The van der Waals surface area contributed by atoms with Gasteiger partial charge in [-0.15, -0.1) is 0 Å². The summed E-state index contributed by atoms with van der Waals surface area (Å²) in [5.74, 6) is -1.38. The van der Waals surface area contributed by atoms with Crippen molar-refractivity contribution in [1.29, 1.82) is 0 Å². The molecule has 3 amide bonds. The molecule has 3 rings (SSSR count). The first kappa shape index (κ1) is 24.2. The van der Waals surface area contributed by atoms with Crippen molar-refractivity contribution in [3.05, 3.63) is 102 Å². The van der Waals surface area contributed by atoms with Gasteiger partial charge in [0.15, 0.2) is 6.61 Å². The highest BCUT2D eigenvalue weighted by molar-refractivity contribution is 6.35. The van der Waals surface area contributed by atoms with Crippen LogP contribution in [-0.2, 0) is 27.3 Å². The van der Waals surface area contributed by atoms with Gasteiger partial charge in [0.05, 0.1) is 6.21 Å².